The van der Waals surface area contributed by atoms with Gasteiger partial charge in [-0.25, -0.2) is 0 Å². The van der Waals surface area contributed by atoms with Gasteiger partial charge in [0, 0.05) is 6.04 Å². The Morgan fingerprint density at radius 1 is 1.28 bits per heavy atom. The lowest BCUT2D eigenvalue weighted by Gasteiger charge is -2.40. The lowest BCUT2D eigenvalue weighted by molar-refractivity contribution is 0.175. The molecule has 1 fully saturated rings. The molecule has 0 amide bonds. The largest absolute Gasteiger partial charge is 0.501 e. The van der Waals surface area contributed by atoms with Crippen LogP contribution in [0.5, 0.6) is 0 Å². The van der Waals surface area contributed by atoms with Crippen LogP contribution in [0.3, 0.4) is 0 Å². The molecule has 18 heavy (non-hydrogen) atoms. The fourth-order valence-corrected chi connectivity index (χ4v) is 3.75. The highest BCUT2D eigenvalue weighted by Crippen LogP contribution is 2.46. The highest BCUT2D eigenvalue weighted by molar-refractivity contribution is 5.16. The van der Waals surface area contributed by atoms with E-state index < -0.39 is 0 Å². The van der Waals surface area contributed by atoms with Crippen molar-refractivity contribution in [1.29, 1.82) is 0 Å². The van der Waals surface area contributed by atoms with Crippen molar-refractivity contribution in [3.63, 3.8) is 0 Å². The predicted molar refractivity (Wildman–Crippen MR) is 76.5 cm³/mol. The summed E-state index contributed by atoms with van der Waals surface area (Å²) in [6.07, 6.45) is 12.6. The first-order valence-electron chi connectivity index (χ1n) is 7.86. The van der Waals surface area contributed by atoms with Crippen LogP contribution in [-0.2, 0) is 4.74 Å². The molecule has 0 aromatic carbocycles. The Morgan fingerprint density at radius 2 is 2.06 bits per heavy atom. The molecule has 1 N–H and O–H groups in total. The van der Waals surface area contributed by atoms with E-state index in [-0.39, 0.29) is 0 Å². The number of hydrogen-bond acceptors (Lipinski definition) is 2. The monoisotopic (exact) mass is 251 g/mol. The third-order valence-corrected chi connectivity index (χ3v) is 4.85. The number of nitrogens with one attached hydrogen (secondary N) is 1. The van der Waals surface area contributed by atoms with E-state index in [1.807, 2.05) is 0 Å². The minimum Gasteiger partial charge on any atom is -0.501 e. The maximum Gasteiger partial charge on any atom is 0.0876 e. The van der Waals surface area contributed by atoms with Gasteiger partial charge in [-0.1, -0.05) is 26.7 Å². The topological polar surface area (TPSA) is 21.3 Å². The van der Waals surface area contributed by atoms with Crippen LogP contribution in [0.2, 0.25) is 0 Å². The fraction of sp³-hybridized carbons (Fsp3) is 0.875. The van der Waals surface area contributed by atoms with Gasteiger partial charge < -0.3 is 10.1 Å². The molecule has 2 heteroatoms. The molecular formula is C16H29NO. The van der Waals surface area contributed by atoms with E-state index in [0.29, 0.717) is 11.5 Å². The van der Waals surface area contributed by atoms with E-state index >= 15 is 0 Å². The van der Waals surface area contributed by atoms with Crippen molar-refractivity contribution in [3.05, 3.63) is 11.8 Å². The Labute approximate surface area is 112 Å². The molecule has 1 atom stereocenters. The maximum absolute atomic E-state index is 5.59. The van der Waals surface area contributed by atoms with Crippen molar-refractivity contribution < 1.29 is 4.74 Å². The Hall–Kier alpha value is -0.500. The standard InChI is InChI=1S/C16H29NO/c1-3-11-17-15(14-8-7-12-18-13-14)16(4-2)9-5-6-10-16/h13,15,17H,3-12H2,1-2H3. The third kappa shape index (κ3) is 2.90. The van der Waals surface area contributed by atoms with Crippen LogP contribution in [0.15, 0.2) is 11.8 Å². The molecule has 1 unspecified atom stereocenters. The first kappa shape index (κ1) is 13.9. The Kier molecular flexibility index (Phi) is 5.11. The quantitative estimate of drug-likeness (QED) is 0.770. The molecule has 104 valence electrons. The van der Waals surface area contributed by atoms with E-state index in [0.717, 1.165) is 13.2 Å². The third-order valence-electron chi connectivity index (χ3n) is 4.85. The summed E-state index contributed by atoms with van der Waals surface area (Å²) in [5, 5.41) is 3.82. The van der Waals surface area contributed by atoms with Gasteiger partial charge in [0.1, 0.15) is 0 Å². The molecule has 0 saturated heterocycles. The van der Waals surface area contributed by atoms with Crippen molar-refractivity contribution in [2.75, 3.05) is 13.2 Å². The Balaban J connectivity index is 2.14. The van der Waals surface area contributed by atoms with Crippen molar-refractivity contribution in [2.24, 2.45) is 5.41 Å². The number of ether oxygens (including phenoxy) is 1. The highest BCUT2D eigenvalue weighted by Gasteiger charge is 2.41. The summed E-state index contributed by atoms with van der Waals surface area (Å²) in [5.41, 5.74) is 2.03. The average molecular weight is 251 g/mol. The Morgan fingerprint density at radius 3 is 2.61 bits per heavy atom. The second kappa shape index (κ2) is 6.60. The molecule has 0 spiro atoms. The zero-order valence-electron chi connectivity index (χ0n) is 12.1. The molecule has 2 nitrogen and oxygen atoms in total. The summed E-state index contributed by atoms with van der Waals surface area (Å²) in [6.45, 7) is 6.66. The maximum atomic E-state index is 5.59. The number of hydrogen-bond donors (Lipinski definition) is 1. The minimum atomic E-state index is 0.502. The summed E-state index contributed by atoms with van der Waals surface area (Å²) in [5.74, 6) is 0. The molecule has 1 heterocycles. The highest BCUT2D eigenvalue weighted by atomic mass is 16.5. The van der Waals surface area contributed by atoms with Gasteiger partial charge in [-0.15, -0.1) is 0 Å². The lowest BCUT2D eigenvalue weighted by atomic mass is 9.72. The van der Waals surface area contributed by atoms with Gasteiger partial charge in [-0.3, -0.25) is 0 Å². The van der Waals surface area contributed by atoms with Gasteiger partial charge in [0.25, 0.3) is 0 Å². The van der Waals surface area contributed by atoms with Crippen molar-refractivity contribution in [2.45, 2.75) is 71.3 Å². The van der Waals surface area contributed by atoms with E-state index in [1.54, 1.807) is 0 Å². The van der Waals surface area contributed by atoms with E-state index in [4.69, 9.17) is 4.74 Å². The first-order chi connectivity index (χ1) is 8.82. The molecule has 0 aromatic rings. The van der Waals surface area contributed by atoms with Crippen LogP contribution >= 0.6 is 0 Å². The Bertz CT molecular complexity index is 279. The molecule has 2 aliphatic rings. The SMILES string of the molecule is CCCNC(C1=COCCC1)C1(CC)CCCC1. The fourth-order valence-electron chi connectivity index (χ4n) is 3.75. The normalized spacial score (nSPS) is 24.4. The summed E-state index contributed by atoms with van der Waals surface area (Å²) in [6, 6.07) is 0.560. The molecule has 0 aromatic heterocycles. The molecule has 0 bridgehead atoms. The van der Waals surface area contributed by atoms with Crippen LogP contribution in [0.25, 0.3) is 0 Å². The van der Waals surface area contributed by atoms with Gasteiger partial charge in [-0.05, 0) is 56.1 Å². The van der Waals surface area contributed by atoms with Gasteiger partial charge in [0.2, 0.25) is 0 Å². The van der Waals surface area contributed by atoms with Crippen molar-refractivity contribution >= 4 is 0 Å². The van der Waals surface area contributed by atoms with Crippen molar-refractivity contribution in [3.8, 4) is 0 Å². The molecule has 1 aliphatic heterocycles. The van der Waals surface area contributed by atoms with E-state index in [2.05, 4.69) is 25.4 Å². The zero-order valence-corrected chi connectivity index (χ0v) is 12.1. The van der Waals surface area contributed by atoms with Crippen LogP contribution < -0.4 is 5.32 Å². The van der Waals surface area contributed by atoms with Gasteiger partial charge in [0.15, 0.2) is 0 Å². The summed E-state index contributed by atoms with van der Waals surface area (Å²) in [7, 11) is 0. The minimum absolute atomic E-state index is 0.502. The van der Waals surface area contributed by atoms with Gasteiger partial charge in [0.05, 0.1) is 12.9 Å². The molecular weight excluding hydrogens is 222 g/mol. The van der Waals surface area contributed by atoms with Crippen LogP contribution in [-0.4, -0.2) is 19.2 Å². The summed E-state index contributed by atoms with van der Waals surface area (Å²) >= 11 is 0. The van der Waals surface area contributed by atoms with E-state index in [1.165, 1.54) is 56.9 Å². The molecule has 0 radical (unpaired) electrons. The molecule has 1 saturated carbocycles. The van der Waals surface area contributed by atoms with Crippen LogP contribution in [0, 0.1) is 5.41 Å². The van der Waals surface area contributed by atoms with Gasteiger partial charge in [-0.2, -0.15) is 0 Å². The zero-order chi connectivity index (χ0) is 12.8. The van der Waals surface area contributed by atoms with Crippen LogP contribution in [0.4, 0.5) is 0 Å². The van der Waals surface area contributed by atoms with E-state index in [9.17, 15) is 0 Å². The smallest absolute Gasteiger partial charge is 0.0876 e. The predicted octanol–water partition coefficient (Wildman–Crippen LogP) is 4.02. The van der Waals surface area contributed by atoms with Crippen molar-refractivity contribution in [1.82, 2.24) is 5.32 Å². The van der Waals surface area contributed by atoms with Crippen LogP contribution in [0.1, 0.15) is 65.2 Å². The first-order valence-corrected chi connectivity index (χ1v) is 7.86. The lowest BCUT2D eigenvalue weighted by Crippen LogP contribution is -2.46. The second-order valence-corrected chi connectivity index (χ2v) is 5.98. The number of rotatable bonds is 6. The summed E-state index contributed by atoms with van der Waals surface area (Å²) < 4.78 is 5.59. The molecule has 1 aliphatic carbocycles. The average Bonchev–Trinajstić information content (AvgIpc) is 2.90. The van der Waals surface area contributed by atoms with Gasteiger partial charge >= 0.3 is 0 Å². The second-order valence-electron chi connectivity index (χ2n) is 5.98. The molecule has 2 rings (SSSR count). The summed E-state index contributed by atoms with van der Waals surface area (Å²) in [4.78, 5) is 0.